The van der Waals surface area contributed by atoms with Crippen LogP contribution in [0.3, 0.4) is 0 Å². The van der Waals surface area contributed by atoms with Gasteiger partial charge in [-0.1, -0.05) is 29.3 Å². The molecule has 0 saturated carbocycles. The molecule has 0 unspecified atom stereocenters. The molecule has 1 fully saturated rings. The number of urea groups is 1. The molecule has 3 heterocycles. The molecule has 0 bridgehead atoms. The highest BCUT2D eigenvalue weighted by Gasteiger charge is 2.21. The number of hydrogen-bond donors (Lipinski definition) is 3. The normalized spacial score (nSPS) is 13.4. The molecule has 0 radical (unpaired) electrons. The second kappa shape index (κ2) is 8.23. The van der Waals surface area contributed by atoms with Crippen molar-refractivity contribution in [1.29, 1.82) is 0 Å². The number of aromatic nitrogens is 4. The van der Waals surface area contributed by atoms with Gasteiger partial charge in [0.15, 0.2) is 5.65 Å². The highest BCUT2D eigenvalue weighted by Crippen LogP contribution is 2.30. The molecular weight excluding hydrogens is 467 g/mol. The van der Waals surface area contributed by atoms with Crippen LogP contribution < -0.4 is 27.0 Å². The van der Waals surface area contributed by atoms with Gasteiger partial charge in [-0.2, -0.15) is 9.97 Å². The van der Waals surface area contributed by atoms with E-state index in [-0.39, 0.29) is 39.2 Å². The van der Waals surface area contributed by atoms with Crippen molar-refractivity contribution in [1.82, 2.24) is 24.8 Å². The zero-order valence-electron chi connectivity index (χ0n) is 16.9. The fourth-order valence-corrected chi connectivity index (χ4v) is 4.12. The van der Waals surface area contributed by atoms with Crippen molar-refractivity contribution in [2.45, 2.75) is 0 Å². The van der Waals surface area contributed by atoms with E-state index in [2.05, 4.69) is 25.6 Å². The van der Waals surface area contributed by atoms with Gasteiger partial charge < -0.3 is 16.4 Å². The molecule has 33 heavy (non-hydrogen) atoms. The van der Waals surface area contributed by atoms with Crippen LogP contribution in [0.25, 0.3) is 16.7 Å². The summed E-state index contributed by atoms with van der Waals surface area (Å²) in [5, 5.41) is 6.70. The summed E-state index contributed by atoms with van der Waals surface area (Å²) in [5.41, 5.74) is 7.42. The number of halogens is 2. The zero-order chi connectivity index (χ0) is 23.1. The van der Waals surface area contributed by atoms with Gasteiger partial charge in [-0.15, -0.1) is 0 Å². The molecule has 1 saturated heterocycles. The largest absolute Gasteiger partial charge is 0.384 e. The third-order valence-corrected chi connectivity index (χ3v) is 5.74. The fourth-order valence-electron chi connectivity index (χ4n) is 3.55. The standard InChI is InChI=1S/C21H16Cl2N8O2/c22-14-2-1-3-15(23)16(14)31-17(24)13-10-26-19(28-18(13)29-21(31)33)27-11-4-6-12(7-5-11)30-9-8-25-20(30)32/h1-7,10H,8-9,24H2,(H,25,32)(H,27,28,29,33). The topological polar surface area (TPSA) is 131 Å². The number of hydrogen-bond acceptors (Lipinski definition) is 7. The Balaban J connectivity index is 1.47. The van der Waals surface area contributed by atoms with Gasteiger partial charge in [0, 0.05) is 30.7 Å². The van der Waals surface area contributed by atoms with Crippen molar-refractivity contribution in [3.63, 3.8) is 0 Å². The number of nitrogens with two attached hydrogens (primary N) is 1. The second-order valence-corrected chi connectivity index (χ2v) is 7.99. The number of benzene rings is 2. The second-order valence-electron chi connectivity index (χ2n) is 7.17. The molecule has 5 rings (SSSR count). The molecule has 166 valence electrons. The molecule has 0 atom stereocenters. The zero-order valence-corrected chi connectivity index (χ0v) is 18.4. The Bertz CT molecular complexity index is 1440. The minimum absolute atomic E-state index is 0.0693. The van der Waals surface area contributed by atoms with E-state index in [1.165, 1.54) is 6.20 Å². The Kier molecular flexibility index (Phi) is 5.23. The van der Waals surface area contributed by atoms with E-state index in [9.17, 15) is 9.59 Å². The molecule has 4 N–H and O–H groups in total. The van der Waals surface area contributed by atoms with Crippen molar-refractivity contribution in [2.24, 2.45) is 0 Å². The summed E-state index contributed by atoms with van der Waals surface area (Å²) in [4.78, 5) is 38.9. The van der Waals surface area contributed by atoms with Crippen LogP contribution in [0, 0.1) is 0 Å². The predicted octanol–water partition coefficient (Wildman–Crippen LogP) is 3.34. The van der Waals surface area contributed by atoms with Crippen molar-refractivity contribution in [3.8, 4) is 5.69 Å². The van der Waals surface area contributed by atoms with Crippen molar-refractivity contribution in [3.05, 3.63) is 69.2 Å². The SMILES string of the molecule is Nc1c2cnc(Nc3ccc(N4CCNC4=O)cc3)nc2nc(=O)n1-c1c(Cl)cccc1Cl. The van der Waals surface area contributed by atoms with Gasteiger partial charge in [-0.25, -0.2) is 19.1 Å². The quantitative estimate of drug-likeness (QED) is 0.406. The molecule has 4 aromatic rings. The molecule has 10 nitrogen and oxygen atoms in total. The lowest BCUT2D eigenvalue weighted by Gasteiger charge is -2.15. The number of carbonyl (C=O) groups is 1. The van der Waals surface area contributed by atoms with E-state index < -0.39 is 5.69 Å². The van der Waals surface area contributed by atoms with Crippen LogP contribution in [0.15, 0.2) is 53.5 Å². The van der Waals surface area contributed by atoms with Gasteiger partial charge in [0.2, 0.25) is 5.95 Å². The number of nitrogens with one attached hydrogen (secondary N) is 2. The Morgan fingerprint density at radius 3 is 2.42 bits per heavy atom. The molecule has 2 aromatic carbocycles. The minimum Gasteiger partial charge on any atom is -0.384 e. The Hall–Kier alpha value is -3.89. The Morgan fingerprint density at radius 2 is 1.76 bits per heavy atom. The highest BCUT2D eigenvalue weighted by atomic mass is 35.5. The highest BCUT2D eigenvalue weighted by molar-refractivity contribution is 6.37. The lowest BCUT2D eigenvalue weighted by atomic mass is 10.2. The maximum Gasteiger partial charge on any atom is 0.355 e. The maximum atomic E-state index is 12.8. The summed E-state index contributed by atoms with van der Waals surface area (Å²) in [6, 6.07) is 12.0. The molecule has 2 aromatic heterocycles. The summed E-state index contributed by atoms with van der Waals surface area (Å²) in [7, 11) is 0. The monoisotopic (exact) mass is 482 g/mol. The van der Waals surface area contributed by atoms with E-state index in [0.717, 1.165) is 10.3 Å². The third kappa shape index (κ3) is 3.79. The van der Waals surface area contributed by atoms with Gasteiger partial charge in [-0.3, -0.25) is 4.90 Å². The molecule has 0 spiro atoms. The summed E-state index contributed by atoms with van der Waals surface area (Å²) in [6.45, 7) is 1.23. The molecule has 1 aliphatic rings. The fraction of sp³-hybridized carbons (Fsp3) is 0.0952. The van der Waals surface area contributed by atoms with Crippen LogP contribution in [0.5, 0.6) is 0 Å². The first-order chi connectivity index (χ1) is 15.9. The van der Waals surface area contributed by atoms with Crippen LogP contribution in [0.1, 0.15) is 0 Å². The smallest absolute Gasteiger partial charge is 0.355 e. The number of carbonyl (C=O) groups excluding carboxylic acids is 1. The summed E-state index contributed by atoms with van der Waals surface area (Å²) in [6.07, 6.45) is 1.47. The first kappa shape index (κ1) is 21.0. The number of amides is 2. The third-order valence-electron chi connectivity index (χ3n) is 5.13. The Labute approximate surface area is 197 Å². The van der Waals surface area contributed by atoms with E-state index in [1.807, 2.05) is 12.1 Å². The number of rotatable bonds is 4. The van der Waals surface area contributed by atoms with Crippen LogP contribution in [0.2, 0.25) is 10.0 Å². The van der Waals surface area contributed by atoms with E-state index >= 15 is 0 Å². The van der Waals surface area contributed by atoms with Crippen LogP contribution in [0.4, 0.5) is 27.9 Å². The first-order valence-electron chi connectivity index (χ1n) is 9.84. The average molecular weight is 483 g/mol. The van der Waals surface area contributed by atoms with Crippen LogP contribution >= 0.6 is 23.2 Å². The molecule has 1 aliphatic heterocycles. The molecule has 0 aliphatic carbocycles. The molecule has 12 heteroatoms. The number of anilines is 4. The minimum atomic E-state index is -0.673. The van der Waals surface area contributed by atoms with E-state index in [4.69, 9.17) is 28.9 Å². The molecule has 2 amide bonds. The van der Waals surface area contributed by atoms with Crippen molar-refractivity contribution < 1.29 is 4.79 Å². The van der Waals surface area contributed by atoms with Gasteiger partial charge in [-0.05, 0) is 36.4 Å². The number of nitrogens with zero attached hydrogens (tertiary/aromatic N) is 5. The summed E-state index contributed by atoms with van der Waals surface area (Å²) < 4.78 is 1.14. The van der Waals surface area contributed by atoms with Gasteiger partial charge in [0.05, 0.1) is 21.1 Å². The van der Waals surface area contributed by atoms with Crippen molar-refractivity contribution in [2.75, 3.05) is 29.0 Å². The summed E-state index contributed by atoms with van der Waals surface area (Å²) in [5.74, 6) is 0.300. The van der Waals surface area contributed by atoms with Crippen molar-refractivity contribution >= 4 is 63.4 Å². The van der Waals surface area contributed by atoms with Gasteiger partial charge in [0.1, 0.15) is 5.82 Å². The van der Waals surface area contributed by atoms with Crippen LogP contribution in [-0.4, -0.2) is 38.6 Å². The average Bonchev–Trinajstić information content (AvgIpc) is 3.22. The van der Waals surface area contributed by atoms with E-state index in [1.54, 1.807) is 35.2 Å². The number of para-hydroxylation sites is 1. The predicted molar refractivity (Wildman–Crippen MR) is 128 cm³/mol. The summed E-state index contributed by atoms with van der Waals surface area (Å²) >= 11 is 12.5. The number of fused-ring (bicyclic) bond motifs is 1. The first-order valence-corrected chi connectivity index (χ1v) is 10.6. The maximum absolute atomic E-state index is 12.8. The van der Waals surface area contributed by atoms with Gasteiger partial charge >= 0.3 is 11.7 Å². The lowest BCUT2D eigenvalue weighted by molar-refractivity contribution is 0.252. The lowest BCUT2D eigenvalue weighted by Crippen LogP contribution is -2.27. The van der Waals surface area contributed by atoms with E-state index in [0.29, 0.717) is 24.2 Å². The molecular formula is C21H16Cl2N8O2. The Morgan fingerprint density at radius 1 is 1.03 bits per heavy atom. The van der Waals surface area contributed by atoms with Crippen LogP contribution in [-0.2, 0) is 0 Å². The number of nitrogen functional groups attached to an aromatic ring is 1. The van der Waals surface area contributed by atoms with Gasteiger partial charge in [0.25, 0.3) is 0 Å².